The molecular formula is C20H19FN2O4. The molecule has 27 heavy (non-hydrogen) atoms. The number of halogens is 1. The Kier molecular flexibility index (Phi) is 5.49. The number of para-hydroxylation sites is 2. The first-order chi connectivity index (χ1) is 13.0. The van der Waals surface area contributed by atoms with Gasteiger partial charge in [-0.25, -0.2) is 4.39 Å². The highest BCUT2D eigenvalue weighted by atomic mass is 19.1. The van der Waals surface area contributed by atoms with Crippen LogP contribution in [0.1, 0.15) is 12.0 Å². The quantitative estimate of drug-likeness (QED) is 0.821. The Morgan fingerprint density at radius 2 is 1.89 bits per heavy atom. The molecule has 1 atom stereocenters. The van der Waals surface area contributed by atoms with E-state index in [-0.39, 0.29) is 24.6 Å². The summed E-state index contributed by atoms with van der Waals surface area (Å²) in [6.45, 7) is 1.43. The number of hydrogen-bond donors (Lipinski definition) is 1. The zero-order valence-corrected chi connectivity index (χ0v) is 14.8. The number of ether oxygens (including phenoxy) is 1. The Morgan fingerprint density at radius 3 is 2.63 bits per heavy atom. The molecule has 0 aromatic heterocycles. The highest BCUT2D eigenvalue weighted by Crippen LogP contribution is 2.27. The first-order valence-electron chi connectivity index (χ1n) is 8.52. The molecule has 1 aliphatic rings. The average Bonchev–Trinajstić information content (AvgIpc) is 3.04. The van der Waals surface area contributed by atoms with E-state index in [1.807, 2.05) is 19.1 Å². The van der Waals surface area contributed by atoms with Gasteiger partial charge in [-0.1, -0.05) is 30.3 Å². The van der Waals surface area contributed by atoms with E-state index in [1.165, 1.54) is 23.1 Å². The minimum atomic E-state index is -0.733. The highest BCUT2D eigenvalue weighted by Gasteiger charge is 2.37. The second-order valence-corrected chi connectivity index (χ2v) is 6.33. The Labute approximate surface area is 155 Å². The Balaban J connectivity index is 1.54. The van der Waals surface area contributed by atoms with Crippen LogP contribution in [-0.4, -0.2) is 30.9 Å². The summed E-state index contributed by atoms with van der Waals surface area (Å²) in [5.41, 5.74) is 1.66. The first kappa shape index (κ1) is 18.6. The van der Waals surface area contributed by atoms with Gasteiger partial charge in [0.15, 0.2) is 6.61 Å². The fourth-order valence-electron chi connectivity index (χ4n) is 2.92. The predicted molar refractivity (Wildman–Crippen MR) is 97.6 cm³/mol. The summed E-state index contributed by atoms with van der Waals surface area (Å²) >= 11 is 0. The van der Waals surface area contributed by atoms with Crippen LogP contribution < -0.4 is 10.2 Å². The van der Waals surface area contributed by atoms with Crippen molar-refractivity contribution < 1.29 is 23.5 Å². The van der Waals surface area contributed by atoms with Crippen molar-refractivity contribution in [1.82, 2.24) is 0 Å². The van der Waals surface area contributed by atoms with Gasteiger partial charge in [-0.3, -0.25) is 14.4 Å². The van der Waals surface area contributed by atoms with Gasteiger partial charge in [0.05, 0.1) is 11.6 Å². The lowest BCUT2D eigenvalue weighted by Gasteiger charge is -2.17. The number of nitrogens with zero attached hydrogens (tertiary/aromatic N) is 1. The molecule has 1 N–H and O–H groups in total. The molecule has 1 fully saturated rings. The van der Waals surface area contributed by atoms with Gasteiger partial charge in [-0.15, -0.1) is 0 Å². The minimum Gasteiger partial charge on any atom is -0.455 e. The lowest BCUT2D eigenvalue weighted by atomic mass is 10.1. The molecule has 2 amide bonds. The Hall–Kier alpha value is -3.22. The molecule has 0 unspecified atom stereocenters. The van der Waals surface area contributed by atoms with Gasteiger partial charge in [0.2, 0.25) is 5.91 Å². The van der Waals surface area contributed by atoms with Crippen molar-refractivity contribution in [3.8, 4) is 0 Å². The molecule has 1 aliphatic heterocycles. The monoisotopic (exact) mass is 370 g/mol. The van der Waals surface area contributed by atoms with Crippen molar-refractivity contribution in [1.29, 1.82) is 0 Å². The largest absolute Gasteiger partial charge is 0.455 e. The van der Waals surface area contributed by atoms with Crippen LogP contribution in [0, 0.1) is 18.7 Å². The van der Waals surface area contributed by atoms with Gasteiger partial charge in [-0.05, 0) is 30.7 Å². The van der Waals surface area contributed by atoms with E-state index < -0.39 is 30.2 Å². The van der Waals surface area contributed by atoms with E-state index in [2.05, 4.69) is 5.32 Å². The van der Waals surface area contributed by atoms with Crippen molar-refractivity contribution in [2.24, 2.45) is 5.92 Å². The molecule has 0 bridgehead atoms. The van der Waals surface area contributed by atoms with Gasteiger partial charge in [0.25, 0.3) is 5.91 Å². The van der Waals surface area contributed by atoms with Crippen LogP contribution in [0.25, 0.3) is 0 Å². The van der Waals surface area contributed by atoms with Crippen LogP contribution in [0.15, 0.2) is 48.5 Å². The lowest BCUT2D eigenvalue weighted by Crippen LogP contribution is -2.28. The summed E-state index contributed by atoms with van der Waals surface area (Å²) in [7, 11) is 0. The molecule has 2 aromatic rings. The fraction of sp³-hybridized carbons (Fsp3) is 0.250. The molecule has 0 aliphatic carbocycles. The average molecular weight is 370 g/mol. The van der Waals surface area contributed by atoms with E-state index in [0.717, 1.165) is 5.56 Å². The number of hydrogen-bond acceptors (Lipinski definition) is 4. The summed E-state index contributed by atoms with van der Waals surface area (Å²) in [6.07, 6.45) is -0.0768. The molecule has 1 heterocycles. The molecule has 6 nitrogen and oxygen atoms in total. The van der Waals surface area contributed by atoms with Crippen LogP contribution in [0.4, 0.5) is 15.8 Å². The summed E-state index contributed by atoms with van der Waals surface area (Å²) in [5.74, 6) is -2.73. The van der Waals surface area contributed by atoms with Gasteiger partial charge >= 0.3 is 5.97 Å². The molecular weight excluding hydrogens is 351 g/mol. The van der Waals surface area contributed by atoms with E-state index in [9.17, 15) is 18.8 Å². The molecule has 0 spiro atoms. The molecule has 7 heteroatoms. The third-order valence-corrected chi connectivity index (χ3v) is 4.37. The fourth-order valence-corrected chi connectivity index (χ4v) is 2.92. The maximum absolute atomic E-state index is 13.9. The highest BCUT2D eigenvalue weighted by molar-refractivity contribution is 6.00. The smallest absolute Gasteiger partial charge is 0.311 e. The maximum Gasteiger partial charge on any atom is 0.311 e. The number of carbonyl (C=O) groups excluding carboxylic acids is 3. The van der Waals surface area contributed by atoms with Gasteiger partial charge < -0.3 is 15.0 Å². The molecule has 2 aromatic carbocycles. The number of nitrogens with one attached hydrogen (secondary N) is 1. The predicted octanol–water partition coefficient (Wildman–Crippen LogP) is 2.67. The maximum atomic E-state index is 13.9. The van der Waals surface area contributed by atoms with E-state index in [0.29, 0.717) is 5.69 Å². The van der Waals surface area contributed by atoms with Crippen molar-refractivity contribution in [3.05, 3.63) is 59.9 Å². The zero-order valence-electron chi connectivity index (χ0n) is 14.8. The normalized spacial score (nSPS) is 16.3. The minimum absolute atomic E-state index is 0.0258. The molecule has 140 valence electrons. The SMILES string of the molecule is Cc1ccccc1NC(=O)COC(=O)[C@@H]1CC(=O)N(c2ccccc2F)C1. The van der Waals surface area contributed by atoms with Gasteiger partial charge in [0, 0.05) is 18.7 Å². The number of amides is 2. The van der Waals surface area contributed by atoms with Crippen molar-refractivity contribution in [3.63, 3.8) is 0 Å². The van der Waals surface area contributed by atoms with Gasteiger partial charge in [-0.2, -0.15) is 0 Å². The number of anilines is 2. The lowest BCUT2D eigenvalue weighted by molar-refractivity contribution is -0.151. The summed E-state index contributed by atoms with van der Waals surface area (Å²) < 4.78 is 18.9. The number of rotatable bonds is 5. The first-order valence-corrected chi connectivity index (χ1v) is 8.52. The van der Waals surface area contributed by atoms with Crippen LogP contribution in [-0.2, 0) is 19.1 Å². The van der Waals surface area contributed by atoms with Crippen LogP contribution in [0.2, 0.25) is 0 Å². The number of carbonyl (C=O) groups is 3. The number of benzene rings is 2. The second kappa shape index (κ2) is 7.99. The van der Waals surface area contributed by atoms with Crippen molar-refractivity contribution in [2.45, 2.75) is 13.3 Å². The summed E-state index contributed by atoms with van der Waals surface area (Å²) in [6, 6.07) is 13.1. The molecule has 0 saturated carbocycles. The van der Waals surface area contributed by atoms with Crippen LogP contribution >= 0.6 is 0 Å². The third-order valence-electron chi connectivity index (χ3n) is 4.37. The molecule has 0 radical (unpaired) electrons. The Morgan fingerprint density at radius 1 is 1.19 bits per heavy atom. The molecule has 1 saturated heterocycles. The van der Waals surface area contributed by atoms with E-state index in [4.69, 9.17) is 4.74 Å². The van der Waals surface area contributed by atoms with Crippen molar-refractivity contribution in [2.75, 3.05) is 23.4 Å². The Bertz CT molecular complexity index is 884. The van der Waals surface area contributed by atoms with E-state index in [1.54, 1.807) is 18.2 Å². The van der Waals surface area contributed by atoms with Crippen LogP contribution in [0.3, 0.4) is 0 Å². The van der Waals surface area contributed by atoms with E-state index >= 15 is 0 Å². The number of esters is 1. The zero-order chi connectivity index (χ0) is 19.4. The van der Waals surface area contributed by atoms with Crippen LogP contribution in [0.5, 0.6) is 0 Å². The standard InChI is InChI=1S/C20H19FN2O4/c1-13-6-2-4-8-16(13)22-18(24)12-27-20(26)14-10-19(25)23(11-14)17-9-5-3-7-15(17)21/h2-9,14H,10-12H2,1H3,(H,22,24)/t14-/m1/s1. The summed E-state index contributed by atoms with van der Waals surface area (Å²) in [5, 5.41) is 2.66. The summed E-state index contributed by atoms with van der Waals surface area (Å²) in [4.78, 5) is 37.5. The second-order valence-electron chi connectivity index (χ2n) is 6.33. The van der Waals surface area contributed by atoms with Crippen molar-refractivity contribution >= 4 is 29.2 Å². The third kappa shape index (κ3) is 4.31. The van der Waals surface area contributed by atoms with Gasteiger partial charge in [0.1, 0.15) is 5.82 Å². The topological polar surface area (TPSA) is 75.7 Å². The molecule has 3 rings (SSSR count). The number of aryl methyl sites for hydroxylation is 1.